The topological polar surface area (TPSA) is 60.4 Å². The van der Waals surface area contributed by atoms with Gasteiger partial charge in [0.15, 0.2) is 10.2 Å². The molecule has 0 radical (unpaired) electrons. The van der Waals surface area contributed by atoms with Crippen molar-refractivity contribution in [3.8, 4) is 0 Å². The van der Waals surface area contributed by atoms with Gasteiger partial charge in [-0.15, -0.1) is 0 Å². The van der Waals surface area contributed by atoms with Crippen LogP contribution in [0.2, 0.25) is 0 Å². The zero-order valence-corrected chi connectivity index (χ0v) is 22.6. The van der Waals surface area contributed by atoms with Gasteiger partial charge in [-0.05, 0) is 35.3 Å². The second-order valence-electron chi connectivity index (χ2n) is 7.54. The predicted octanol–water partition coefficient (Wildman–Crippen LogP) is 8.98. The Labute approximate surface area is 201 Å². The molecule has 0 saturated carbocycles. The number of carbonyl (C=O) groups is 2. The quantitative estimate of drug-likeness (QED) is 0.118. The highest BCUT2D eigenvalue weighted by Crippen LogP contribution is 2.57. The molecule has 178 valence electrons. The molecule has 0 aliphatic rings. The van der Waals surface area contributed by atoms with E-state index in [2.05, 4.69) is 13.8 Å². The molecule has 4 nitrogen and oxygen atoms in total. The van der Waals surface area contributed by atoms with Gasteiger partial charge in [-0.1, -0.05) is 102 Å². The van der Waals surface area contributed by atoms with Gasteiger partial charge < -0.3 is 4.52 Å². The van der Waals surface area contributed by atoms with Gasteiger partial charge in [-0.3, -0.25) is 14.2 Å². The Balaban J connectivity index is 4.21. The van der Waals surface area contributed by atoms with Crippen LogP contribution in [0.5, 0.6) is 0 Å². The van der Waals surface area contributed by atoms with Gasteiger partial charge in [0.25, 0.3) is 0 Å². The minimum atomic E-state index is -3.65. The summed E-state index contributed by atoms with van der Waals surface area (Å²) in [5, 5.41) is -0.0941. The molecule has 0 aliphatic heterocycles. The highest BCUT2D eigenvalue weighted by Gasteiger charge is 2.22. The van der Waals surface area contributed by atoms with Crippen LogP contribution in [0.4, 0.5) is 0 Å². The Morgan fingerprint density at radius 2 is 1.27 bits per heavy atom. The van der Waals surface area contributed by atoms with E-state index >= 15 is 0 Å². The van der Waals surface area contributed by atoms with Gasteiger partial charge >= 0.3 is 6.07 Å². The zero-order chi connectivity index (χ0) is 22.7. The molecule has 0 saturated heterocycles. The Morgan fingerprint density at radius 1 is 0.800 bits per heavy atom. The van der Waals surface area contributed by atoms with Crippen LogP contribution < -0.4 is 0 Å². The Kier molecular flexibility index (Phi) is 21.0. The van der Waals surface area contributed by atoms with Crippen molar-refractivity contribution in [3.05, 3.63) is 0 Å². The number of halogens is 2. The fourth-order valence-electron chi connectivity index (χ4n) is 2.89. The third-order valence-electron chi connectivity index (χ3n) is 4.61. The summed E-state index contributed by atoms with van der Waals surface area (Å²) in [6, 6.07) is 0. The molecule has 0 spiro atoms. The van der Waals surface area contributed by atoms with Crippen LogP contribution in [-0.4, -0.2) is 27.8 Å². The van der Waals surface area contributed by atoms with E-state index < -0.39 is 6.07 Å². The first-order valence-electron chi connectivity index (χ1n) is 11.3. The number of hydrogen-bond donors (Lipinski definition) is 0. The van der Waals surface area contributed by atoms with Crippen molar-refractivity contribution in [2.45, 2.75) is 109 Å². The molecule has 0 heterocycles. The molecule has 1 atom stereocenters. The van der Waals surface area contributed by atoms with E-state index in [1.807, 2.05) is 0 Å². The molecule has 0 N–H and O–H groups in total. The molecule has 0 amide bonds. The first-order valence-corrected chi connectivity index (χ1v) is 16.6. The van der Waals surface area contributed by atoms with E-state index in [4.69, 9.17) is 27.0 Å². The Hall–Kier alpha value is 0.810. The standard InChI is InChI=1S/C21H39Cl2O4PS2/c1-3-5-7-9-11-13-15-20(24)29-18-19(17-27-28(22,23)26)30-21(25)16-14-12-10-8-6-4-2/h19H,3-18H2,1-2H3/t19-/m0/s1. The van der Waals surface area contributed by atoms with Crippen LogP contribution in [0.1, 0.15) is 104 Å². The van der Waals surface area contributed by atoms with Crippen molar-refractivity contribution in [1.82, 2.24) is 0 Å². The summed E-state index contributed by atoms with van der Waals surface area (Å²) in [6.07, 6.45) is 11.0. The summed E-state index contributed by atoms with van der Waals surface area (Å²) < 4.78 is 16.4. The van der Waals surface area contributed by atoms with Crippen LogP contribution in [-0.2, 0) is 18.7 Å². The second-order valence-corrected chi connectivity index (χ2v) is 14.3. The number of hydrogen-bond acceptors (Lipinski definition) is 6. The molecule has 9 heteroatoms. The highest BCUT2D eigenvalue weighted by atomic mass is 35.9. The van der Waals surface area contributed by atoms with Crippen LogP contribution in [0.3, 0.4) is 0 Å². The normalized spacial score (nSPS) is 12.8. The number of rotatable bonds is 20. The first-order chi connectivity index (χ1) is 14.3. The number of carbonyl (C=O) groups excluding carboxylic acids is 2. The van der Waals surface area contributed by atoms with Crippen molar-refractivity contribution in [3.63, 3.8) is 0 Å². The van der Waals surface area contributed by atoms with Gasteiger partial charge in [0.1, 0.15) is 0 Å². The van der Waals surface area contributed by atoms with Gasteiger partial charge in [0, 0.05) is 23.8 Å². The lowest BCUT2D eigenvalue weighted by Crippen LogP contribution is -2.17. The molecule has 0 unspecified atom stereocenters. The molecule has 0 fully saturated rings. The summed E-state index contributed by atoms with van der Waals surface area (Å²) in [7, 11) is 0. The molecule has 30 heavy (non-hydrogen) atoms. The van der Waals surface area contributed by atoms with E-state index in [0.717, 1.165) is 43.9 Å². The highest BCUT2D eigenvalue weighted by molar-refractivity contribution is 8.17. The fraction of sp³-hybridized carbons (Fsp3) is 0.905. The molecule has 0 rings (SSSR count). The maximum absolute atomic E-state index is 12.3. The summed E-state index contributed by atoms with van der Waals surface area (Å²) in [6.45, 7) is 4.36. The van der Waals surface area contributed by atoms with Gasteiger partial charge in [-0.2, -0.15) is 0 Å². The van der Waals surface area contributed by atoms with Crippen molar-refractivity contribution in [1.29, 1.82) is 0 Å². The molecule has 0 aromatic carbocycles. The van der Waals surface area contributed by atoms with Crippen molar-refractivity contribution < 1.29 is 18.7 Å². The maximum Gasteiger partial charge on any atom is 0.380 e. The lowest BCUT2D eigenvalue weighted by molar-refractivity contribution is -0.112. The predicted molar refractivity (Wildman–Crippen MR) is 135 cm³/mol. The average molecular weight is 522 g/mol. The molecule has 0 bridgehead atoms. The van der Waals surface area contributed by atoms with Crippen molar-refractivity contribution in [2.24, 2.45) is 0 Å². The van der Waals surface area contributed by atoms with Crippen LogP contribution >= 0.6 is 52.1 Å². The van der Waals surface area contributed by atoms with Crippen LogP contribution in [0.25, 0.3) is 0 Å². The molecule has 0 aliphatic carbocycles. The fourth-order valence-corrected chi connectivity index (χ4v) is 5.68. The summed E-state index contributed by atoms with van der Waals surface area (Å²) in [5.41, 5.74) is 0. The Morgan fingerprint density at radius 3 is 1.77 bits per heavy atom. The summed E-state index contributed by atoms with van der Waals surface area (Å²) >= 11 is 13.3. The Bertz CT molecular complexity index is 503. The van der Waals surface area contributed by atoms with Gasteiger partial charge in [0.05, 0.1) is 6.61 Å². The number of thioether (sulfide) groups is 2. The van der Waals surface area contributed by atoms with Crippen LogP contribution in [0.15, 0.2) is 0 Å². The monoisotopic (exact) mass is 520 g/mol. The van der Waals surface area contributed by atoms with E-state index in [0.29, 0.717) is 18.6 Å². The zero-order valence-electron chi connectivity index (χ0n) is 18.5. The average Bonchev–Trinajstić information content (AvgIpc) is 2.68. The maximum atomic E-state index is 12.3. The first kappa shape index (κ1) is 30.8. The van der Waals surface area contributed by atoms with Crippen molar-refractivity contribution in [2.75, 3.05) is 12.4 Å². The molecular formula is C21H39Cl2O4PS2. The number of unbranched alkanes of at least 4 members (excludes halogenated alkanes) is 10. The van der Waals surface area contributed by atoms with E-state index in [1.54, 1.807) is 0 Å². The molecule has 0 aromatic heterocycles. The third-order valence-corrected chi connectivity index (χ3v) is 8.05. The van der Waals surface area contributed by atoms with Crippen LogP contribution in [0, 0.1) is 0 Å². The minimum Gasteiger partial charge on any atom is -0.305 e. The minimum absolute atomic E-state index is 0.00547. The van der Waals surface area contributed by atoms with Crippen molar-refractivity contribution >= 4 is 62.3 Å². The van der Waals surface area contributed by atoms with E-state index in [-0.39, 0.29) is 22.1 Å². The third kappa shape index (κ3) is 22.0. The summed E-state index contributed by atoms with van der Waals surface area (Å²) in [4.78, 5) is 24.4. The lowest BCUT2D eigenvalue weighted by Gasteiger charge is -2.15. The van der Waals surface area contributed by atoms with E-state index in [1.165, 1.54) is 56.7 Å². The molecular weight excluding hydrogens is 482 g/mol. The second kappa shape index (κ2) is 20.4. The lowest BCUT2D eigenvalue weighted by atomic mass is 10.1. The van der Waals surface area contributed by atoms with Gasteiger partial charge in [-0.25, -0.2) is 0 Å². The van der Waals surface area contributed by atoms with Gasteiger partial charge in [0.2, 0.25) is 0 Å². The SMILES string of the molecule is CCCCCCCCC(=O)SC[C@H](COP(=O)(Cl)Cl)SC(=O)CCCCCCCC. The molecule has 0 aromatic rings. The van der Waals surface area contributed by atoms with E-state index in [9.17, 15) is 14.2 Å². The smallest absolute Gasteiger partial charge is 0.305 e. The largest absolute Gasteiger partial charge is 0.380 e. The summed E-state index contributed by atoms with van der Waals surface area (Å²) in [5.74, 6) is 0.426.